The third-order valence-electron chi connectivity index (χ3n) is 2.93. The lowest BCUT2D eigenvalue weighted by Crippen LogP contribution is -2.28. The smallest absolute Gasteiger partial charge is 0.240 e. The largest absolute Gasteiger partial charge is 0.399 e. The fraction of sp³-hybridized carbons (Fsp3) is 0.571. The Hall–Kier alpha value is -1.07. The summed E-state index contributed by atoms with van der Waals surface area (Å²) in [6.45, 7) is 8.61. The molecule has 1 aromatic rings. The summed E-state index contributed by atoms with van der Waals surface area (Å²) in [5.74, 6) is 0. The summed E-state index contributed by atoms with van der Waals surface area (Å²) < 4.78 is 27.2. The summed E-state index contributed by atoms with van der Waals surface area (Å²) in [6, 6.07) is 5.03. The molecule has 0 fully saturated rings. The fourth-order valence-electron chi connectivity index (χ4n) is 1.75. The molecule has 0 aromatic heterocycles. The number of nitrogens with one attached hydrogen (secondary N) is 1. The molecule has 0 unspecified atom stereocenters. The van der Waals surface area contributed by atoms with Crippen LogP contribution in [-0.2, 0) is 16.4 Å². The molecule has 1 aromatic carbocycles. The average Bonchev–Trinajstić information content (AvgIpc) is 2.27. The van der Waals surface area contributed by atoms with E-state index in [1.807, 2.05) is 6.92 Å². The van der Waals surface area contributed by atoms with Gasteiger partial charge in [-0.3, -0.25) is 0 Å². The normalized spacial score (nSPS) is 12.6. The van der Waals surface area contributed by atoms with Gasteiger partial charge < -0.3 is 5.73 Å². The maximum absolute atomic E-state index is 12.3. The highest BCUT2D eigenvalue weighted by Crippen LogP contribution is 2.21. The Morgan fingerprint density at radius 1 is 1.26 bits per heavy atom. The van der Waals surface area contributed by atoms with Gasteiger partial charge in [0, 0.05) is 12.2 Å². The average molecular weight is 284 g/mol. The Bertz CT molecular complexity index is 531. The van der Waals surface area contributed by atoms with Crippen LogP contribution in [0.15, 0.2) is 23.1 Å². The molecular weight excluding hydrogens is 260 g/mol. The van der Waals surface area contributed by atoms with Gasteiger partial charge in [0.25, 0.3) is 0 Å². The SMILES string of the molecule is CCc1ccc(N)cc1S(=O)(=O)NCCC(C)(C)C. The Labute approximate surface area is 116 Å². The first-order valence-electron chi connectivity index (χ1n) is 6.54. The zero-order valence-corrected chi connectivity index (χ0v) is 13.0. The topological polar surface area (TPSA) is 72.2 Å². The van der Waals surface area contributed by atoms with Crippen LogP contribution in [0.2, 0.25) is 0 Å². The second kappa shape index (κ2) is 5.92. The molecular formula is C14H24N2O2S. The summed E-state index contributed by atoms with van der Waals surface area (Å²) in [5, 5.41) is 0. The first-order chi connectivity index (χ1) is 8.65. The van der Waals surface area contributed by atoms with E-state index in [-0.39, 0.29) is 5.41 Å². The summed E-state index contributed by atoms with van der Waals surface area (Å²) in [6.07, 6.45) is 1.45. The van der Waals surface area contributed by atoms with Crippen LogP contribution in [0.1, 0.15) is 39.7 Å². The van der Waals surface area contributed by atoms with Crippen LogP contribution in [0, 0.1) is 5.41 Å². The number of anilines is 1. The van der Waals surface area contributed by atoms with E-state index < -0.39 is 10.0 Å². The summed E-state index contributed by atoms with van der Waals surface area (Å²) >= 11 is 0. The van der Waals surface area contributed by atoms with Crippen LogP contribution < -0.4 is 10.5 Å². The highest BCUT2D eigenvalue weighted by Gasteiger charge is 2.19. The Balaban J connectivity index is 2.91. The van der Waals surface area contributed by atoms with Crippen LogP contribution in [0.3, 0.4) is 0 Å². The van der Waals surface area contributed by atoms with Crippen molar-refractivity contribution in [3.8, 4) is 0 Å². The van der Waals surface area contributed by atoms with Gasteiger partial charge in [-0.15, -0.1) is 0 Å². The third-order valence-corrected chi connectivity index (χ3v) is 4.47. The maximum atomic E-state index is 12.3. The van der Waals surface area contributed by atoms with Gasteiger partial charge in [0.1, 0.15) is 0 Å². The number of nitrogens with two attached hydrogens (primary N) is 1. The highest BCUT2D eigenvalue weighted by molar-refractivity contribution is 7.89. The third kappa shape index (κ3) is 4.84. The molecule has 19 heavy (non-hydrogen) atoms. The number of benzene rings is 1. The second-order valence-electron chi connectivity index (χ2n) is 5.93. The van der Waals surface area contributed by atoms with Gasteiger partial charge >= 0.3 is 0 Å². The molecule has 5 heteroatoms. The van der Waals surface area contributed by atoms with E-state index in [4.69, 9.17) is 5.73 Å². The first kappa shape index (κ1) is 16.0. The lowest BCUT2D eigenvalue weighted by molar-refractivity contribution is 0.378. The van der Waals surface area contributed by atoms with E-state index in [0.717, 1.165) is 12.0 Å². The molecule has 108 valence electrons. The van der Waals surface area contributed by atoms with E-state index in [2.05, 4.69) is 25.5 Å². The minimum absolute atomic E-state index is 0.103. The van der Waals surface area contributed by atoms with Gasteiger partial charge in [0.2, 0.25) is 10.0 Å². The Morgan fingerprint density at radius 3 is 2.42 bits per heavy atom. The molecule has 0 amide bonds. The van der Waals surface area contributed by atoms with Crippen molar-refractivity contribution in [1.82, 2.24) is 4.72 Å². The predicted molar refractivity (Wildman–Crippen MR) is 79.5 cm³/mol. The van der Waals surface area contributed by atoms with Crippen molar-refractivity contribution in [1.29, 1.82) is 0 Å². The van der Waals surface area contributed by atoms with Crippen molar-refractivity contribution in [2.45, 2.75) is 45.4 Å². The number of rotatable bonds is 5. The van der Waals surface area contributed by atoms with Crippen LogP contribution >= 0.6 is 0 Å². The Kier molecular flexibility index (Phi) is 4.98. The number of sulfonamides is 1. The molecule has 4 nitrogen and oxygen atoms in total. The van der Waals surface area contributed by atoms with Crippen molar-refractivity contribution >= 4 is 15.7 Å². The minimum atomic E-state index is -3.48. The molecule has 0 aliphatic carbocycles. The predicted octanol–water partition coefficient (Wildman–Crippen LogP) is 2.55. The van der Waals surface area contributed by atoms with Gasteiger partial charge in [-0.1, -0.05) is 33.8 Å². The maximum Gasteiger partial charge on any atom is 0.240 e. The molecule has 0 atom stereocenters. The van der Waals surface area contributed by atoms with E-state index in [9.17, 15) is 8.42 Å². The molecule has 0 saturated heterocycles. The zero-order chi connectivity index (χ0) is 14.7. The molecule has 0 radical (unpaired) electrons. The fourth-order valence-corrected chi connectivity index (χ4v) is 3.13. The van der Waals surface area contributed by atoms with Gasteiger partial charge in [-0.2, -0.15) is 0 Å². The highest BCUT2D eigenvalue weighted by atomic mass is 32.2. The second-order valence-corrected chi connectivity index (χ2v) is 7.66. The minimum Gasteiger partial charge on any atom is -0.399 e. The lowest BCUT2D eigenvalue weighted by atomic mass is 9.93. The van der Waals surface area contributed by atoms with Gasteiger partial charge in [0.15, 0.2) is 0 Å². The number of hydrogen-bond acceptors (Lipinski definition) is 3. The van der Waals surface area contributed by atoms with Crippen molar-refractivity contribution in [3.05, 3.63) is 23.8 Å². The van der Waals surface area contributed by atoms with Crippen LogP contribution in [0.4, 0.5) is 5.69 Å². The first-order valence-corrected chi connectivity index (χ1v) is 8.02. The summed E-state index contributed by atoms with van der Waals surface area (Å²) in [5.41, 5.74) is 7.04. The molecule has 0 spiro atoms. The summed E-state index contributed by atoms with van der Waals surface area (Å²) in [4.78, 5) is 0.295. The van der Waals surface area contributed by atoms with Crippen molar-refractivity contribution < 1.29 is 8.42 Å². The quantitative estimate of drug-likeness (QED) is 0.816. The molecule has 0 heterocycles. The van der Waals surface area contributed by atoms with Crippen molar-refractivity contribution in [3.63, 3.8) is 0 Å². The van der Waals surface area contributed by atoms with Gasteiger partial charge in [0.05, 0.1) is 4.90 Å². The zero-order valence-electron chi connectivity index (χ0n) is 12.2. The summed E-state index contributed by atoms with van der Waals surface area (Å²) in [7, 11) is -3.48. The van der Waals surface area contributed by atoms with Crippen LogP contribution in [0.25, 0.3) is 0 Å². The molecule has 3 N–H and O–H groups in total. The van der Waals surface area contributed by atoms with Crippen LogP contribution in [0.5, 0.6) is 0 Å². The van der Waals surface area contributed by atoms with Crippen molar-refractivity contribution in [2.24, 2.45) is 5.41 Å². The number of aryl methyl sites for hydroxylation is 1. The molecule has 0 aliphatic heterocycles. The molecule has 0 saturated carbocycles. The van der Waals surface area contributed by atoms with E-state index in [1.165, 1.54) is 6.07 Å². The molecule has 0 aliphatic rings. The van der Waals surface area contributed by atoms with Gasteiger partial charge in [-0.25, -0.2) is 13.1 Å². The Morgan fingerprint density at radius 2 is 1.89 bits per heavy atom. The number of hydrogen-bond donors (Lipinski definition) is 2. The van der Waals surface area contributed by atoms with Crippen LogP contribution in [-0.4, -0.2) is 15.0 Å². The lowest BCUT2D eigenvalue weighted by Gasteiger charge is -2.18. The van der Waals surface area contributed by atoms with Gasteiger partial charge in [-0.05, 0) is 36.0 Å². The van der Waals surface area contributed by atoms with Crippen molar-refractivity contribution in [2.75, 3.05) is 12.3 Å². The standard InChI is InChI=1S/C14H24N2O2S/c1-5-11-6-7-12(15)10-13(11)19(17,18)16-9-8-14(2,3)4/h6-7,10,16H,5,8-9,15H2,1-4H3. The van der Waals surface area contributed by atoms with E-state index >= 15 is 0 Å². The van der Waals surface area contributed by atoms with E-state index in [1.54, 1.807) is 12.1 Å². The van der Waals surface area contributed by atoms with E-state index in [0.29, 0.717) is 23.5 Å². The monoisotopic (exact) mass is 284 g/mol. The molecule has 1 rings (SSSR count). The molecule has 0 bridgehead atoms. The number of nitrogen functional groups attached to an aromatic ring is 1.